The molecule has 0 amide bonds. The number of nitrogens with zero attached hydrogens (tertiary/aromatic N) is 2. The molecule has 1 heterocycles. The van der Waals surface area contributed by atoms with Crippen molar-refractivity contribution in [3.63, 3.8) is 0 Å². The van der Waals surface area contributed by atoms with Crippen LogP contribution in [0.2, 0.25) is 0 Å². The molecule has 3 nitrogen and oxygen atoms in total. The van der Waals surface area contributed by atoms with Gasteiger partial charge in [-0.05, 0) is 37.0 Å². The van der Waals surface area contributed by atoms with Crippen LogP contribution in [0.1, 0.15) is 42.0 Å². The molecule has 2 rings (SSSR count). The van der Waals surface area contributed by atoms with Gasteiger partial charge in [0.25, 0.3) is 0 Å². The molecule has 0 bridgehead atoms. The maximum Gasteiger partial charge on any atom is 0.142 e. The van der Waals surface area contributed by atoms with E-state index >= 15 is 0 Å². The maximum atomic E-state index is 10.5. The van der Waals surface area contributed by atoms with Crippen LogP contribution in [0.4, 0.5) is 0 Å². The smallest absolute Gasteiger partial charge is 0.142 e. The fourth-order valence-electron chi connectivity index (χ4n) is 2.21. The molecule has 0 fully saturated rings. The second-order valence-electron chi connectivity index (χ2n) is 4.67. The predicted octanol–water partition coefficient (Wildman–Crippen LogP) is 2.99. The summed E-state index contributed by atoms with van der Waals surface area (Å²) in [4.78, 5) is 4.29. The highest BCUT2D eigenvalue weighted by Gasteiger charge is 2.18. The molecule has 1 N–H and O–H groups in total. The van der Waals surface area contributed by atoms with Gasteiger partial charge in [0.2, 0.25) is 0 Å². The van der Waals surface area contributed by atoms with E-state index in [1.807, 2.05) is 29.8 Å². The van der Waals surface area contributed by atoms with Crippen LogP contribution in [0.5, 0.6) is 0 Å². The number of imidazole rings is 1. The van der Waals surface area contributed by atoms with Gasteiger partial charge in [-0.15, -0.1) is 0 Å². The second-order valence-corrected chi connectivity index (χ2v) is 4.67. The summed E-state index contributed by atoms with van der Waals surface area (Å²) in [6.07, 6.45) is 4.06. The normalized spacial score (nSPS) is 12.7. The molecule has 0 saturated heterocycles. The number of aliphatic hydroxyl groups excluding tert-OH is 1. The summed E-state index contributed by atoms with van der Waals surface area (Å²) in [5.41, 5.74) is 3.27. The fraction of sp³-hybridized carbons (Fsp3) is 0.400. The highest BCUT2D eigenvalue weighted by molar-refractivity contribution is 5.36. The van der Waals surface area contributed by atoms with Crippen molar-refractivity contribution < 1.29 is 5.11 Å². The van der Waals surface area contributed by atoms with Crippen molar-refractivity contribution in [3.05, 3.63) is 53.1 Å². The highest BCUT2D eigenvalue weighted by Crippen LogP contribution is 2.25. The summed E-state index contributed by atoms with van der Waals surface area (Å²) < 4.78 is 2.02. The lowest BCUT2D eigenvalue weighted by Gasteiger charge is -2.16. The van der Waals surface area contributed by atoms with Crippen LogP contribution in [0.3, 0.4) is 0 Å². The van der Waals surface area contributed by atoms with E-state index in [9.17, 15) is 5.11 Å². The van der Waals surface area contributed by atoms with Crippen molar-refractivity contribution in [3.8, 4) is 0 Å². The number of rotatable bonds is 4. The Balaban J connectivity index is 2.38. The maximum absolute atomic E-state index is 10.5. The molecule has 0 radical (unpaired) electrons. The van der Waals surface area contributed by atoms with Gasteiger partial charge in [0.1, 0.15) is 11.9 Å². The van der Waals surface area contributed by atoms with Crippen LogP contribution >= 0.6 is 0 Å². The molecule has 0 aliphatic carbocycles. The number of benzene rings is 1. The second kappa shape index (κ2) is 5.36. The third-order valence-corrected chi connectivity index (χ3v) is 3.40. The molecule has 0 aliphatic heterocycles. The van der Waals surface area contributed by atoms with Crippen molar-refractivity contribution in [2.45, 2.75) is 39.8 Å². The van der Waals surface area contributed by atoms with E-state index < -0.39 is 6.10 Å². The van der Waals surface area contributed by atoms with Crippen LogP contribution in [-0.4, -0.2) is 14.7 Å². The van der Waals surface area contributed by atoms with Gasteiger partial charge >= 0.3 is 0 Å². The zero-order chi connectivity index (χ0) is 13.1. The van der Waals surface area contributed by atoms with Gasteiger partial charge in [-0.1, -0.05) is 25.1 Å². The first-order chi connectivity index (χ1) is 8.65. The molecule has 96 valence electrons. The minimum Gasteiger partial charge on any atom is -0.380 e. The molecule has 1 aromatic carbocycles. The summed E-state index contributed by atoms with van der Waals surface area (Å²) in [5.74, 6) is 0.727. The summed E-state index contributed by atoms with van der Waals surface area (Å²) in [7, 11) is 0. The first-order valence-corrected chi connectivity index (χ1v) is 6.40. The number of aliphatic hydroxyl groups is 1. The largest absolute Gasteiger partial charge is 0.380 e. The Labute approximate surface area is 108 Å². The molecule has 1 atom stereocenters. The minimum absolute atomic E-state index is 0.647. The Morgan fingerprint density at radius 1 is 1.33 bits per heavy atom. The van der Waals surface area contributed by atoms with Crippen LogP contribution in [0.25, 0.3) is 0 Å². The van der Waals surface area contributed by atoms with Crippen molar-refractivity contribution in [2.75, 3.05) is 0 Å². The molecule has 1 unspecified atom stereocenters. The number of aryl methyl sites for hydroxylation is 2. The fourth-order valence-corrected chi connectivity index (χ4v) is 2.21. The Morgan fingerprint density at radius 3 is 2.83 bits per heavy atom. The van der Waals surface area contributed by atoms with Crippen LogP contribution in [0.15, 0.2) is 30.6 Å². The van der Waals surface area contributed by atoms with Crippen molar-refractivity contribution >= 4 is 0 Å². The van der Waals surface area contributed by atoms with E-state index in [0.29, 0.717) is 0 Å². The van der Waals surface area contributed by atoms with E-state index in [2.05, 4.69) is 24.9 Å². The third-order valence-electron chi connectivity index (χ3n) is 3.40. The summed E-state index contributed by atoms with van der Waals surface area (Å²) in [5, 5.41) is 10.5. The predicted molar refractivity (Wildman–Crippen MR) is 72.5 cm³/mol. The molecular formula is C15H20N2O. The van der Waals surface area contributed by atoms with Gasteiger partial charge in [0.05, 0.1) is 0 Å². The molecule has 18 heavy (non-hydrogen) atoms. The Morgan fingerprint density at radius 2 is 2.11 bits per heavy atom. The number of aromatic nitrogens is 2. The first kappa shape index (κ1) is 12.8. The lowest BCUT2D eigenvalue weighted by Crippen LogP contribution is -2.11. The number of hydrogen-bond donors (Lipinski definition) is 1. The zero-order valence-electron chi connectivity index (χ0n) is 11.2. The van der Waals surface area contributed by atoms with Gasteiger partial charge in [-0.25, -0.2) is 4.98 Å². The third kappa shape index (κ3) is 2.31. The van der Waals surface area contributed by atoms with Gasteiger partial charge in [0.15, 0.2) is 0 Å². The number of hydrogen-bond acceptors (Lipinski definition) is 2. The molecule has 0 saturated carbocycles. The monoisotopic (exact) mass is 244 g/mol. The van der Waals surface area contributed by atoms with E-state index in [-0.39, 0.29) is 0 Å². The Hall–Kier alpha value is -1.61. The molecular weight excluding hydrogens is 224 g/mol. The highest BCUT2D eigenvalue weighted by atomic mass is 16.3. The van der Waals surface area contributed by atoms with Gasteiger partial charge in [-0.2, -0.15) is 0 Å². The molecule has 1 aromatic heterocycles. The SMILES string of the molecule is CCCn1ccnc1C(O)c1cccc(C)c1C. The Bertz CT molecular complexity index is 531. The van der Waals surface area contributed by atoms with E-state index in [1.165, 1.54) is 5.56 Å². The van der Waals surface area contributed by atoms with Crippen LogP contribution < -0.4 is 0 Å². The molecule has 2 aromatic rings. The average molecular weight is 244 g/mol. The van der Waals surface area contributed by atoms with Gasteiger partial charge in [-0.3, -0.25) is 0 Å². The van der Waals surface area contributed by atoms with Crippen molar-refractivity contribution in [1.82, 2.24) is 9.55 Å². The quantitative estimate of drug-likeness (QED) is 0.897. The molecule has 0 spiro atoms. The average Bonchev–Trinajstić information content (AvgIpc) is 2.80. The van der Waals surface area contributed by atoms with Gasteiger partial charge < -0.3 is 9.67 Å². The first-order valence-electron chi connectivity index (χ1n) is 6.40. The van der Waals surface area contributed by atoms with E-state index in [1.54, 1.807) is 6.20 Å². The van der Waals surface area contributed by atoms with Crippen LogP contribution in [-0.2, 0) is 6.54 Å². The molecule has 3 heteroatoms. The Kier molecular flexibility index (Phi) is 3.82. The zero-order valence-corrected chi connectivity index (χ0v) is 11.2. The molecule has 0 aliphatic rings. The van der Waals surface area contributed by atoms with Crippen molar-refractivity contribution in [1.29, 1.82) is 0 Å². The topological polar surface area (TPSA) is 38.0 Å². The van der Waals surface area contributed by atoms with Crippen LogP contribution in [0, 0.1) is 13.8 Å². The summed E-state index contributed by atoms with van der Waals surface area (Å²) >= 11 is 0. The van der Waals surface area contributed by atoms with E-state index in [0.717, 1.165) is 29.9 Å². The summed E-state index contributed by atoms with van der Waals surface area (Å²) in [6.45, 7) is 7.11. The van der Waals surface area contributed by atoms with Crippen molar-refractivity contribution in [2.24, 2.45) is 0 Å². The minimum atomic E-state index is -0.647. The lowest BCUT2D eigenvalue weighted by molar-refractivity contribution is 0.203. The lowest BCUT2D eigenvalue weighted by atomic mass is 9.99. The summed E-state index contributed by atoms with van der Waals surface area (Å²) in [6, 6.07) is 6.01. The standard InChI is InChI=1S/C15H20N2O/c1-4-9-17-10-8-16-15(17)14(18)13-7-5-6-11(2)12(13)3/h5-8,10,14,18H,4,9H2,1-3H3. The van der Waals surface area contributed by atoms with E-state index in [4.69, 9.17) is 0 Å². The van der Waals surface area contributed by atoms with Gasteiger partial charge in [0, 0.05) is 18.9 Å².